The molecule has 2 saturated heterocycles. The van der Waals surface area contributed by atoms with Crippen molar-refractivity contribution in [2.75, 3.05) is 32.1 Å². The van der Waals surface area contributed by atoms with Crippen LogP contribution in [0.1, 0.15) is 104 Å². The third kappa shape index (κ3) is 20.1. The van der Waals surface area contributed by atoms with Gasteiger partial charge in [-0.1, -0.05) is 65.3 Å². The number of nitrogens with one attached hydrogen (secondary N) is 8. The number of phenolic OH excluding ortho intramolecular Hbond substituents is 3. The number of fused-ring (bicyclic) bond motifs is 15. The number of benzene rings is 6. The smallest absolute Gasteiger partial charge is 0.322 e. The molecule has 13 rings (SSSR count). The predicted octanol–water partition coefficient (Wildman–Crippen LogP) is -0.212. The number of carboxylic acid groups (broad SMARTS) is 1. The van der Waals surface area contributed by atoms with E-state index in [1.54, 1.807) is 25.1 Å². The maximum Gasteiger partial charge on any atom is 0.322 e. The maximum atomic E-state index is 16.2. The van der Waals surface area contributed by atoms with Crippen molar-refractivity contribution < 1.29 is 137 Å². The van der Waals surface area contributed by atoms with E-state index in [4.69, 9.17) is 67.8 Å². The van der Waals surface area contributed by atoms with E-state index in [2.05, 4.69) is 42.5 Å². The highest BCUT2D eigenvalue weighted by atomic mass is 35.5. The number of primary amides is 1. The van der Waals surface area contributed by atoms with Crippen molar-refractivity contribution >= 4 is 93.3 Å². The molecule has 38 nitrogen and oxygen atoms in total. The van der Waals surface area contributed by atoms with Crippen LogP contribution >= 0.6 is 35.0 Å². The summed E-state index contributed by atoms with van der Waals surface area (Å²) in [7, 11) is 0. The zero-order chi connectivity index (χ0) is 84.8. The molecule has 7 heterocycles. The quantitative estimate of drug-likeness (QED) is 0.0415. The number of carboxylic acids is 1. The Morgan fingerprint density at radius 2 is 1.37 bits per heavy atom. The summed E-state index contributed by atoms with van der Waals surface area (Å²) in [5.41, 5.74) is 7.80. The molecule has 11 bridgehead atoms. The van der Waals surface area contributed by atoms with Gasteiger partial charge < -0.3 is 143 Å². The molecule has 18 atom stereocenters. The van der Waals surface area contributed by atoms with E-state index >= 15 is 19.2 Å². The van der Waals surface area contributed by atoms with Gasteiger partial charge >= 0.3 is 5.97 Å². The summed E-state index contributed by atoms with van der Waals surface area (Å²) in [5.74, 6) is -17.2. The fraction of sp³-hybridized carbons (Fsp3) is 0.395. The molecule has 0 aromatic heterocycles. The lowest BCUT2D eigenvalue weighted by atomic mass is 9.84. The maximum absolute atomic E-state index is 16.2. The van der Waals surface area contributed by atoms with Crippen molar-refractivity contribution in [1.29, 1.82) is 0 Å². The molecule has 626 valence electrons. The number of carbonyl (C=O) groups excluding carboxylic acids is 9. The number of nitrogens with two attached hydrogens (primary N) is 2. The average molecular weight is 1690 g/mol. The van der Waals surface area contributed by atoms with E-state index in [0.29, 0.717) is 30.1 Å². The molecule has 7 aliphatic heterocycles. The van der Waals surface area contributed by atoms with Gasteiger partial charge in [0.1, 0.15) is 114 Å². The van der Waals surface area contributed by atoms with E-state index in [1.165, 1.54) is 25.6 Å². The second-order valence-electron chi connectivity index (χ2n) is 28.3. The molecule has 117 heavy (non-hydrogen) atoms. The molecule has 6 aromatic carbocycles. The molecule has 0 spiro atoms. The highest BCUT2D eigenvalue weighted by Gasteiger charge is 2.52. The lowest BCUT2D eigenvalue weighted by molar-refractivity contribution is -0.334. The molecule has 0 unspecified atom stereocenters. The topological polar surface area (TPSA) is 606 Å². The molecule has 8 amide bonds. The van der Waals surface area contributed by atoms with Crippen LogP contribution < -0.4 is 72.9 Å². The second-order valence-corrected chi connectivity index (χ2v) is 30.3. The number of hydrogen-bond acceptors (Lipinski definition) is 30. The Bertz CT molecular complexity index is 4820. The first-order valence-corrected chi connectivity index (χ1v) is 38.0. The van der Waals surface area contributed by atoms with Gasteiger partial charge in [-0.25, -0.2) is 0 Å². The first kappa shape index (κ1) is 87.1. The molecular formula is C76H84Cl2N10O28S. The molecule has 2 fully saturated rings. The molecule has 0 aliphatic carbocycles. The summed E-state index contributed by atoms with van der Waals surface area (Å²) >= 11 is 15.4. The minimum Gasteiger partial charge on any atom is -0.508 e. The SMILES string of the molecule is CC(=O)SCCCOc1cccc(CN[C@@]2(C)C[C@H](O[C@H]3[C@H](Oc4c5cc6cc4Oc4ccc(cc4Cl)[C@@H](O)[C@@H](NC(=O)[C@@H](N)CO)C(=O)N[C@@H](CC(N)=O)C(=O)N[C@H]6C(=O)N[C@H]4C(=O)N[C@H](C(=O)N[C@H](C(=O)NCC(=O)O)c6cc(O)cc(O)c6-c6cc4ccc6O)[C@H](O)c4ccc(c(Cl)c4)O5)O[C@H](CO)[C@@H](O)[C@@H]3O)O[C@@H](C)[C@H]2O)c1. The van der Waals surface area contributed by atoms with E-state index in [9.17, 15) is 84.9 Å². The lowest BCUT2D eigenvalue weighted by Crippen LogP contribution is -2.65. The standard InChI is InChI=1S/C76H84Cl2N10O28S/c1-30-67(102)76(3,82-26-32-6-4-7-38(16-32)110-14-5-15-117-31(2)91)25-54(111-30)115-66-64(101)63(100)51(29-90)114-75(66)116-65-49-20-36-21-50(65)113-48-13-10-35(19-42(48)78)62(99)60-74(109)86-58(70(105)81-27-53(96)97)40-22-37(92)23-46(94)55(40)39-17-33(8-11-45(39)93)56(71(106)88-60)85-72(107)57(36)84-69(104)44(24-52(80)95)83-73(108)59(87-68(103)43(79)28-89)61(98)34-9-12-47(112-49)41(77)18-34/h4,6-13,16-23,30,43-44,51,54,56-64,66-67,75,82,89-90,92-94,98-102H,5,14-15,24-29,79H2,1-3H3,(H2,80,95)(H,81,105)(H,83,108)(H,84,104)(H,85,107)(H,86,109)(H,87,103)(H,88,106)(H,96,97)/t30-,43-,44-,51+,54-,56+,57+,58-,59+,60-,61+,62+,63+,64-,66+,67+,75-,76-/m0/s1. The number of phenols is 3. The van der Waals surface area contributed by atoms with Crippen LogP contribution in [0.25, 0.3) is 11.1 Å². The zero-order valence-electron chi connectivity index (χ0n) is 62.2. The molecule has 7 aliphatic rings. The number of aliphatic hydroxyl groups excluding tert-OH is 7. The summed E-state index contributed by atoms with van der Waals surface area (Å²) in [4.78, 5) is 141. The molecular weight excluding hydrogens is 1600 g/mol. The monoisotopic (exact) mass is 1690 g/mol. The van der Waals surface area contributed by atoms with E-state index in [1.807, 2.05) is 6.07 Å². The Morgan fingerprint density at radius 3 is 2.01 bits per heavy atom. The third-order valence-electron chi connectivity index (χ3n) is 19.8. The van der Waals surface area contributed by atoms with Crippen molar-refractivity contribution in [2.45, 2.75) is 156 Å². The number of carbonyl (C=O) groups is 10. The number of aromatic hydroxyl groups is 3. The Labute approximate surface area is 678 Å². The number of ether oxygens (including phenoxy) is 7. The van der Waals surface area contributed by atoms with Crippen molar-refractivity contribution in [2.24, 2.45) is 11.5 Å². The van der Waals surface area contributed by atoms with E-state index in [-0.39, 0.29) is 29.2 Å². The van der Waals surface area contributed by atoms with Gasteiger partial charge in [-0.2, -0.15) is 0 Å². The molecule has 23 N–H and O–H groups in total. The number of halogens is 2. The largest absolute Gasteiger partial charge is 0.508 e. The van der Waals surface area contributed by atoms with Crippen LogP contribution in [0.5, 0.6) is 51.7 Å². The number of amides is 8. The van der Waals surface area contributed by atoms with Gasteiger partial charge in [0.2, 0.25) is 59.3 Å². The Balaban J connectivity index is 1.10. The highest BCUT2D eigenvalue weighted by molar-refractivity contribution is 8.13. The Kier molecular flexibility index (Phi) is 27.7. The zero-order valence-corrected chi connectivity index (χ0v) is 64.5. The number of aliphatic carboxylic acids is 1. The van der Waals surface area contributed by atoms with Crippen LogP contribution in [-0.2, 0) is 68.7 Å². The van der Waals surface area contributed by atoms with Crippen LogP contribution in [0.15, 0.2) is 103 Å². The van der Waals surface area contributed by atoms with Gasteiger partial charge in [-0.05, 0) is 120 Å². The van der Waals surface area contributed by atoms with Crippen LogP contribution in [0.3, 0.4) is 0 Å². The summed E-state index contributed by atoms with van der Waals surface area (Å²) < 4.78 is 45.2. The minimum atomic E-state index is -2.43. The van der Waals surface area contributed by atoms with Gasteiger partial charge in [0.15, 0.2) is 29.0 Å². The highest BCUT2D eigenvalue weighted by Crippen LogP contribution is 2.50. The van der Waals surface area contributed by atoms with Crippen LogP contribution in [0, 0.1) is 0 Å². The predicted molar refractivity (Wildman–Crippen MR) is 407 cm³/mol. The van der Waals surface area contributed by atoms with E-state index in [0.717, 1.165) is 78.9 Å². The van der Waals surface area contributed by atoms with Crippen LogP contribution in [0.4, 0.5) is 0 Å². The second kappa shape index (κ2) is 37.3. The Hall–Kier alpha value is -10.7. The summed E-state index contributed by atoms with van der Waals surface area (Å²) in [6, 6.07) is 4.74. The summed E-state index contributed by atoms with van der Waals surface area (Å²) in [5, 5.41) is 144. The molecule has 0 saturated carbocycles. The number of rotatable bonds is 21. The number of aliphatic hydroxyl groups is 7. The molecule has 41 heteroatoms. The van der Waals surface area contributed by atoms with Gasteiger partial charge in [0, 0.05) is 48.4 Å². The van der Waals surface area contributed by atoms with Gasteiger partial charge in [0.25, 0.3) is 0 Å². The first-order valence-electron chi connectivity index (χ1n) is 36.3. The van der Waals surface area contributed by atoms with Crippen molar-refractivity contribution in [3.8, 4) is 62.9 Å². The van der Waals surface area contributed by atoms with Crippen LogP contribution in [0.2, 0.25) is 10.0 Å². The fourth-order valence-electron chi connectivity index (χ4n) is 13.7. The molecule has 0 radical (unpaired) electrons. The summed E-state index contributed by atoms with van der Waals surface area (Å²) in [6.45, 7) is 2.02. The lowest BCUT2D eigenvalue weighted by Gasteiger charge is -2.48. The normalized spacial score (nSPS) is 26.8. The van der Waals surface area contributed by atoms with Crippen molar-refractivity contribution in [3.05, 3.63) is 147 Å². The van der Waals surface area contributed by atoms with E-state index < -0.39 is 273 Å². The van der Waals surface area contributed by atoms with Crippen LogP contribution in [-0.4, -0.2) is 226 Å². The number of hydrogen-bond donors (Lipinski definition) is 21. The number of thioether (sulfide) groups is 1. The van der Waals surface area contributed by atoms with Gasteiger partial charge in [0.05, 0.1) is 48.5 Å². The van der Waals surface area contributed by atoms with Crippen molar-refractivity contribution in [1.82, 2.24) is 42.5 Å². The third-order valence-corrected chi connectivity index (χ3v) is 21.3. The first-order chi connectivity index (χ1) is 55.5. The van der Waals surface area contributed by atoms with Gasteiger partial charge in [-0.3, -0.25) is 47.9 Å². The van der Waals surface area contributed by atoms with Gasteiger partial charge in [-0.15, -0.1) is 0 Å². The fourth-order valence-corrected chi connectivity index (χ4v) is 14.7. The Morgan fingerprint density at radius 1 is 0.718 bits per heavy atom. The average Bonchev–Trinajstić information content (AvgIpc) is 0.762. The van der Waals surface area contributed by atoms with Crippen molar-refractivity contribution in [3.63, 3.8) is 0 Å². The summed E-state index contributed by atoms with van der Waals surface area (Å²) in [6.07, 6.45) is -18.9. The molecule has 6 aromatic rings. The minimum absolute atomic E-state index is 0.0251.